The van der Waals surface area contributed by atoms with Crippen molar-refractivity contribution in [2.45, 2.75) is 6.04 Å². The molecule has 1 saturated heterocycles. The van der Waals surface area contributed by atoms with Crippen LogP contribution >= 0.6 is 27.3 Å². The van der Waals surface area contributed by atoms with Gasteiger partial charge in [-0.15, -0.1) is 11.3 Å². The highest BCUT2D eigenvalue weighted by atomic mass is 79.9. The number of carbonyl (C=O) groups is 1. The van der Waals surface area contributed by atoms with Gasteiger partial charge in [-0.1, -0.05) is 0 Å². The van der Waals surface area contributed by atoms with Crippen LogP contribution in [0.3, 0.4) is 0 Å². The molecule has 1 aromatic heterocycles. The molecule has 0 spiro atoms. The molecule has 6 heteroatoms. The molecule has 0 aromatic carbocycles. The minimum absolute atomic E-state index is 0.148. The SMILES string of the molecule is CN(C)C(c1ccc(Br)s1)C1(C(=O)O)COC1. The van der Waals surface area contributed by atoms with Crippen LogP contribution in [0.2, 0.25) is 0 Å². The number of aliphatic carboxylic acids is 1. The van der Waals surface area contributed by atoms with E-state index >= 15 is 0 Å². The van der Waals surface area contributed by atoms with Gasteiger partial charge in [-0.05, 0) is 42.2 Å². The number of carboxylic acid groups (broad SMARTS) is 1. The number of carboxylic acids is 1. The molecule has 1 aliphatic heterocycles. The lowest BCUT2D eigenvalue weighted by Gasteiger charge is -2.45. The Hall–Kier alpha value is -0.430. The summed E-state index contributed by atoms with van der Waals surface area (Å²) < 4.78 is 6.16. The Morgan fingerprint density at radius 2 is 2.24 bits per heavy atom. The summed E-state index contributed by atoms with van der Waals surface area (Å²) in [5, 5.41) is 9.46. The minimum atomic E-state index is -0.812. The molecule has 0 amide bonds. The van der Waals surface area contributed by atoms with Crippen LogP contribution in [0, 0.1) is 5.41 Å². The Bertz CT molecular complexity index is 428. The predicted molar refractivity (Wildman–Crippen MR) is 69.3 cm³/mol. The largest absolute Gasteiger partial charge is 0.481 e. The second-order valence-corrected chi connectivity index (χ2v) is 6.96. The number of hydrogen-bond donors (Lipinski definition) is 1. The molecule has 0 radical (unpaired) electrons. The van der Waals surface area contributed by atoms with Gasteiger partial charge in [0.25, 0.3) is 0 Å². The van der Waals surface area contributed by atoms with E-state index in [-0.39, 0.29) is 19.3 Å². The Morgan fingerprint density at radius 1 is 1.59 bits per heavy atom. The molecule has 2 rings (SSSR count). The summed E-state index contributed by atoms with van der Waals surface area (Å²) in [5.41, 5.74) is -0.812. The van der Waals surface area contributed by atoms with Crippen LogP contribution in [-0.2, 0) is 9.53 Å². The van der Waals surface area contributed by atoms with Gasteiger partial charge < -0.3 is 14.7 Å². The van der Waals surface area contributed by atoms with Crippen molar-refractivity contribution in [3.63, 3.8) is 0 Å². The van der Waals surface area contributed by atoms with Crippen LogP contribution in [0.1, 0.15) is 10.9 Å². The first-order valence-corrected chi connectivity index (χ1v) is 6.81. The van der Waals surface area contributed by atoms with E-state index in [2.05, 4.69) is 15.9 Å². The van der Waals surface area contributed by atoms with Crippen LogP contribution in [0.5, 0.6) is 0 Å². The predicted octanol–water partition coefficient (Wildman–Crippen LogP) is 2.21. The van der Waals surface area contributed by atoms with Gasteiger partial charge in [0.15, 0.2) is 0 Å². The molecular formula is C11H14BrNO3S. The summed E-state index contributed by atoms with van der Waals surface area (Å²) in [6.45, 7) is 0.557. The van der Waals surface area contributed by atoms with Crippen molar-refractivity contribution < 1.29 is 14.6 Å². The summed E-state index contributed by atoms with van der Waals surface area (Å²) in [5.74, 6) is -0.785. The van der Waals surface area contributed by atoms with E-state index < -0.39 is 11.4 Å². The Morgan fingerprint density at radius 3 is 2.53 bits per heavy atom. The van der Waals surface area contributed by atoms with Gasteiger partial charge in [-0.25, -0.2) is 0 Å². The van der Waals surface area contributed by atoms with Gasteiger partial charge in [0.05, 0.1) is 23.0 Å². The van der Waals surface area contributed by atoms with Crippen LogP contribution in [-0.4, -0.2) is 43.3 Å². The molecule has 1 aliphatic rings. The zero-order valence-corrected chi connectivity index (χ0v) is 12.0. The molecule has 2 heterocycles. The molecule has 0 bridgehead atoms. The number of ether oxygens (including phenoxy) is 1. The molecule has 1 fully saturated rings. The maximum absolute atomic E-state index is 11.5. The monoisotopic (exact) mass is 319 g/mol. The van der Waals surface area contributed by atoms with Gasteiger partial charge in [-0.2, -0.15) is 0 Å². The van der Waals surface area contributed by atoms with Crippen molar-refractivity contribution in [2.75, 3.05) is 27.3 Å². The van der Waals surface area contributed by atoms with E-state index in [0.717, 1.165) is 8.66 Å². The molecule has 94 valence electrons. The smallest absolute Gasteiger partial charge is 0.316 e. The molecule has 1 N–H and O–H groups in total. The third kappa shape index (κ3) is 2.14. The van der Waals surface area contributed by atoms with Crippen LogP contribution in [0.15, 0.2) is 15.9 Å². The highest BCUT2D eigenvalue weighted by Gasteiger charge is 2.54. The summed E-state index contributed by atoms with van der Waals surface area (Å²) in [6.07, 6.45) is 0. The first-order valence-electron chi connectivity index (χ1n) is 5.20. The number of halogens is 1. The van der Waals surface area contributed by atoms with Crippen LogP contribution in [0.4, 0.5) is 0 Å². The summed E-state index contributed by atoms with van der Waals surface area (Å²) in [7, 11) is 3.81. The lowest BCUT2D eigenvalue weighted by molar-refractivity contribution is -0.193. The third-order valence-corrected chi connectivity index (χ3v) is 4.72. The van der Waals surface area contributed by atoms with E-state index in [4.69, 9.17) is 4.74 Å². The van der Waals surface area contributed by atoms with E-state index in [9.17, 15) is 9.90 Å². The molecule has 1 unspecified atom stereocenters. The van der Waals surface area contributed by atoms with Crippen molar-refractivity contribution in [3.05, 3.63) is 20.8 Å². The minimum Gasteiger partial charge on any atom is -0.481 e. The highest BCUT2D eigenvalue weighted by Crippen LogP contribution is 2.46. The second-order valence-electron chi connectivity index (χ2n) is 4.46. The standard InChI is InChI=1S/C11H14BrNO3S/c1-13(2)9(7-3-4-8(12)17-7)11(10(14)15)5-16-6-11/h3-4,9H,5-6H2,1-2H3,(H,14,15). The molecule has 1 atom stereocenters. The zero-order valence-electron chi connectivity index (χ0n) is 9.64. The third-order valence-electron chi connectivity index (χ3n) is 3.05. The Labute approximate surface area is 112 Å². The molecule has 0 saturated carbocycles. The molecule has 0 aliphatic carbocycles. The molecule has 1 aromatic rings. The van der Waals surface area contributed by atoms with Gasteiger partial charge >= 0.3 is 5.97 Å². The lowest BCUT2D eigenvalue weighted by Crippen LogP contribution is -2.56. The van der Waals surface area contributed by atoms with Gasteiger partial charge in [0, 0.05) is 4.88 Å². The number of rotatable bonds is 4. The van der Waals surface area contributed by atoms with Gasteiger partial charge in [0.1, 0.15) is 5.41 Å². The fourth-order valence-electron chi connectivity index (χ4n) is 2.22. The topological polar surface area (TPSA) is 49.8 Å². The maximum Gasteiger partial charge on any atom is 0.316 e. The molecule has 17 heavy (non-hydrogen) atoms. The zero-order chi connectivity index (χ0) is 12.6. The van der Waals surface area contributed by atoms with Crippen LogP contribution in [0.25, 0.3) is 0 Å². The highest BCUT2D eigenvalue weighted by molar-refractivity contribution is 9.11. The molecule has 4 nitrogen and oxygen atoms in total. The van der Waals surface area contributed by atoms with Crippen molar-refractivity contribution in [3.8, 4) is 0 Å². The van der Waals surface area contributed by atoms with E-state index in [1.807, 2.05) is 31.1 Å². The van der Waals surface area contributed by atoms with Crippen molar-refractivity contribution >= 4 is 33.2 Å². The van der Waals surface area contributed by atoms with E-state index in [1.165, 1.54) is 0 Å². The Balaban J connectivity index is 2.38. The maximum atomic E-state index is 11.5. The van der Waals surface area contributed by atoms with Gasteiger partial charge in [0.2, 0.25) is 0 Å². The summed E-state index contributed by atoms with van der Waals surface area (Å²) in [6, 6.07) is 3.78. The molecular weight excluding hydrogens is 306 g/mol. The van der Waals surface area contributed by atoms with E-state index in [0.29, 0.717) is 0 Å². The first-order chi connectivity index (χ1) is 7.97. The van der Waals surface area contributed by atoms with Crippen LogP contribution < -0.4 is 0 Å². The van der Waals surface area contributed by atoms with Crippen molar-refractivity contribution in [1.29, 1.82) is 0 Å². The number of nitrogens with zero attached hydrogens (tertiary/aromatic N) is 1. The summed E-state index contributed by atoms with van der Waals surface area (Å²) in [4.78, 5) is 14.5. The quantitative estimate of drug-likeness (QED) is 0.924. The normalized spacial score (nSPS) is 20.0. The second kappa shape index (κ2) is 4.68. The fraction of sp³-hybridized carbons (Fsp3) is 0.545. The Kier molecular flexibility index (Phi) is 3.58. The fourth-order valence-corrected chi connectivity index (χ4v) is 3.95. The van der Waals surface area contributed by atoms with Crippen molar-refractivity contribution in [1.82, 2.24) is 4.90 Å². The lowest BCUT2D eigenvalue weighted by atomic mass is 9.77. The van der Waals surface area contributed by atoms with Gasteiger partial charge in [-0.3, -0.25) is 4.79 Å². The first kappa shape index (κ1) is 13.0. The average Bonchev–Trinajstić information content (AvgIpc) is 2.56. The van der Waals surface area contributed by atoms with Crippen molar-refractivity contribution in [2.24, 2.45) is 5.41 Å². The summed E-state index contributed by atoms with van der Waals surface area (Å²) >= 11 is 4.99. The number of thiophene rings is 1. The number of hydrogen-bond acceptors (Lipinski definition) is 4. The van der Waals surface area contributed by atoms with E-state index in [1.54, 1.807) is 11.3 Å². The average molecular weight is 320 g/mol.